The van der Waals surface area contributed by atoms with Crippen molar-refractivity contribution in [3.05, 3.63) is 29.8 Å². The molecule has 0 aliphatic heterocycles. The van der Waals surface area contributed by atoms with E-state index in [1.165, 1.54) is 6.92 Å². The van der Waals surface area contributed by atoms with Gasteiger partial charge in [-0.25, -0.2) is 0 Å². The van der Waals surface area contributed by atoms with Crippen molar-refractivity contribution in [2.45, 2.75) is 19.6 Å². The molecule has 0 bridgehead atoms. The van der Waals surface area contributed by atoms with Crippen molar-refractivity contribution in [1.82, 2.24) is 4.90 Å². The monoisotopic (exact) mass is 266 g/mol. The lowest BCUT2D eigenvalue weighted by atomic mass is 10.2. The fraction of sp³-hybridized carbons (Fsp3) is 0.500. The van der Waals surface area contributed by atoms with Crippen LogP contribution in [0.4, 0.5) is 5.69 Å². The van der Waals surface area contributed by atoms with Crippen LogP contribution in [-0.2, 0) is 16.1 Å². The van der Waals surface area contributed by atoms with Gasteiger partial charge in [0.05, 0.1) is 12.7 Å². The number of amides is 1. The van der Waals surface area contributed by atoms with Gasteiger partial charge in [0.15, 0.2) is 0 Å². The minimum Gasteiger partial charge on any atom is -0.389 e. The number of benzene rings is 1. The highest BCUT2D eigenvalue weighted by atomic mass is 16.5. The Morgan fingerprint density at radius 3 is 2.58 bits per heavy atom. The Kier molecular flexibility index (Phi) is 6.49. The number of aliphatic hydroxyl groups excluding tert-OH is 1. The lowest BCUT2D eigenvalue weighted by molar-refractivity contribution is -0.114. The third kappa shape index (κ3) is 6.33. The fourth-order valence-corrected chi connectivity index (χ4v) is 1.88. The predicted octanol–water partition coefficient (Wildman–Crippen LogP) is 1.08. The first-order chi connectivity index (χ1) is 9.01. The predicted molar refractivity (Wildman–Crippen MR) is 75.0 cm³/mol. The zero-order valence-corrected chi connectivity index (χ0v) is 11.7. The summed E-state index contributed by atoms with van der Waals surface area (Å²) in [5, 5.41) is 12.4. The van der Waals surface area contributed by atoms with Crippen molar-refractivity contribution in [3.8, 4) is 0 Å². The zero-order chi connectivity index (χ0) is 14.3. The Hall–Kier alpha value is -1.43. The van der Waals surface area contributed by atoms with Gasteiger partial charge in [-0.05, 0) is 24.7 Å². The van der Waals surface area contributed by atoms with Gasteiger partial charge in [0.2, 0.25) is 5.91 Å². The number of carbonyl (C=O) groups is 1. The molecule has 0 radical (unpaired) electrons. The van der Waals surface area contributed by atoms with Crippen molar-refractivity contribution >= 4 is 11.6 Å². The van der Waals surface area contributed by atoms with Crippen molar-refractivity contribution in [3.63, 3.8) is 0 Å². The Morgan fingerprint density at radius 1 is 1.42 bits per heavy atom. The first-order valence-corrected chi connectivity index (χ1v) is 6.23. The van der Waals surface area contributed by atoms with E-state index in [9.17, 15) is 9.90 Å². The molecule has 1 unspecified atom stereocenters. The van der Waals surface area contributed by atoms with Crippen LogP contribution >= 0.6 is 0 Å². The van der Waals surface area contributed by atoms with Crippen LogP contribution in [-0.4, -0.2) is 49.3 Å². The molecular formula is C14H22N2O3. The summed E-state index contributed by atoms with van der Waals surface area (Å²) in [4.78, 5) is 12.9. The number of anilines is 1. The second kappa shape index (κ2) is 7.89. The van der Waals surface area contributed by atoms with Crippen LogP contribution in [0.25, 0.3) is 0 Å². The minimum atomic E-state index is -0.478. The minimum absolute atomic E-state index is 0.0763. The largest absolute Gasteiger partial charge is 0.389 e. The lowest BCUT2D eigenvalue weighted by Crippen LogP contribution is -2.31. The van der Waals surface area contributed by atoms with Gasteiger partial charge in [-0.15, -0.1) is 0 Å². The summed E-state index contributed by atoms with van der Waals surface area (Å²) in [6.07, 6.45) is -0.478. The Morgan fingerprint density at radius 2 is 2.05 bits per heavy atom. The summed E-state index contributed by atoms with van der Waals surface area (Å²) in [6.45, 7) is 3.12. The number of likely N-dealkylation sites (N-methyl/N-ethyl adjacent to an activating group) is 1. The SMILES string of the molecule is COCC(O)CN(C)Cc1ccc(NC(C)=O)cc1. The molecule has 2 N–H and O–H groups in total. The molecule has 1 atom stereocenters. The molecule has 0 aliphatic carbocycles. The molecule has 0 saturated heterocycles. The molecule has 0 fully saturated rings. The van der Waals surface area contributed by atoms with E-state index in [2.05, 4.69) is 5.32 Å². The van der Waals surface area contributed by atoms with Crippen molar-refractivity contribution in [2.75, 3.05) is 32.6 Å². The van der Waals surface area contributed by atoms with Crippen LogP contribution < -0.4 is 5.32 Å². The highest BCUT2D eigenvalue weighted by Gasteiger charge is 2.08. The number of nitrogens with one attached hydrogen (secondary N) is 1. The van der Waals surface area contributed by atoms with E-state index in [-0.39, 0.29) is 5.91 Å². The Labute approximate surface area is 114 Å². The van der Waals surface area contributed by atoms with Crippen molar-refractivity contribution in [2.24, 2.45) is 0 Å². The molecule has 0 aliphatic rings. The molecule has 0 spiro atoms. The third-order valence-electron chi connectivity index (χ3n) is 2.61. The number of aliphatic hydroxyl groups is 1. The molecule has 5 heteroatoms. The van der Waals surface area contributed by atoms with Crippen molar-refractivity contribution in [1.29, 1.82) is 0 Å². The van der Waals surface area contributed by atoms with E-state index in [4.69, 9.17) is 4.74 Å². The Balaban J connectivity index is 2.46. The van der Waals surface area contributed by atoms with Crippen LogP contribution in [0.15, 0.2) is 24.3 Å². The molecule has 0 saturated carbocycles. The molecule has 106 valence electrons. The summed E-state index contributed by atoms with van der Waals surface area (Å²) < 4.78 is 4.89. The van der Waals surface area contributed by atoms with Gasteiger partial charge < -0.3 is 15.2 Å². The number of ether oxygens (including phenoxy) is 1. The number of methoxy groups -OCH3 is 1. The molecule has 1 aromatic carbocycles. The Bertz CT molecular complexity index is 392. The van der Waals surface area contributed by atoms with Gasteiger partial charge in [0.25, 0.3) is 0 Å². The van der Waals surface area contributed by atoms with Crippen LogP contribution in [0.5, 0.6) is 0 Å². The number of nitrogens with zero attached hydrogens (tertiary/aromatic N) is 1. The topological polar surface area (TPSA) is 61.8 Å². The van der Waals surface area contributed by atoms with Crippen LogP contribution in [0.1, 0.15) is 12.5 Å². The van der Waals surface area contributed by atoms with Crippen LogP contribution in [0.3, 0.4) is 0 Å². The molecule has 1 amide bonds. The van der Waals surface area contributed by atoms with Gasteiger partial charge >= 0.3 is 0 Å². The summed E-state index contributed by atoms with van der Waals surface area (Å²) in [7, 11) is 3.52. The van der Waals surface area contributed by atoms with E-state index in [0.29, 0.717) is 13.2 Å². The summed E-state index contributed by atoms with van der Waals surface area (Å²) in [6, 6.07) is 7.67. The van der Waals surface area contributed by atoms with E-state index in [1.54, 1.807) is 7.11 Å². The lowest BCUT2D eigenvalue weighted by Gasteiger charge is -2.20. The van der Waals surface area contributed by atoms with E-state index >= 15 is 0 Å². The average Bonchev–Trinajstić information content (AvgIpc) is 2.31. The summed E-state index contributed by atoms with van der Waals surface area (Å²) >= 11 is 0. The first kappa shape index (κ1) is 15.6. The molecule has 1 aromatic rings. The van der Waals surface area contributed by atoms with Gasteiger partial charge in [0, 0.05) is 32.8 Å². The second-order valence-corrected chi connectivity index (χ2v) is 4.68. The molecular weight excluding hydrogens is 244 g/mol. The standard InChI is InChI=1S/C14H22N2O3/c1-11(17)15-13-6-4-12(5-7-13)8-16(2)9-14(18)10-19-3/h4-7,14,18H,8-10H2,1-3H3,(H,15,17). The quantitative estimate of drug-likeness (QED) is 0.775. The van der Waals surface area contributed by atoms with E-state index in [0.717, 1.165) is 17.8 Å². The molecule has 5 nitrogen and oxygen atoms in total. The number of hydrogen-bond acceptors (Lipinski definition) is 4. The smallest absolute Gasteiger partial charge is 0.221 e. The number of hydrogen-bond donors (Lipinski definition) is 2. The maximum Gasteiger partial charge on any atom is 0.221 e. The van der Waals surface area contributed by atoms with Crippen molar-refractivity contribution < 1.29 is 14.6 Å². The zero-order valence-electron chi connectivity index (χ0n) is 11.7. The molecule has 19 heavy (non-hydrogen) atoms. The third-order valence-corrected chi connectivity index (χ3v) is 2.61. The normalized spacial score (nSPS) is 12.5. The second-order valence-electron chi connectivity index (χ2n) is 4.68. The van der Waals surface area contributed by atoms with Gasteiger partial charge in [-0.3, -0.25) is 9.69 Å². The maximum absolute atomic E-state index is 10.9. The number of carbonyl (C=O) groups excluding carboxylic acids is 1. The average molecular weight is 266 g/mol. The molecule has 0 heterocycles. The first-order valence-electron chi connectivity index (χ1n) is 6.23. The number of rotatable bonds is 7. The highest BCUT2D eigenvalue weighted by Crippen LogP contribution is 2.11. The van der Waals surface area contributed by atoms with Gasteiger partial charge in [-0.2, -0.15) is 0 Å². The maximum atomic E-state index is 10.9. The van der Waals surface area contributed by atoms with Crippen LogP contribution in [0.2, 0.25) is 0 Å². The van der Waals surface area contributed by atoms with Gasteiger partial charge in [0.1, 0.15) is 0 Å². The van der Waals surface area contributed by atoms with Gasteiger partial charge in [-0.1, -0.05) is 12.1 Å². The highest BCUT2D eigenvalue weighted by molar-refractivity contribution is 5.88. The summed E-state index contributed by atoms with van der Waals surface area (Å²) in [5.41, 5.74) is 1.92. The van der Waals surface area contributed by atoms with Crippen LogP contribution in [0, 0.1) is 0 Å². The van der Waals surface area contributed by atoms with E-state index in [1.807, 2.05) is 36.2 Å². The molecule has 0 aromatic heterocycles. The van der Waals surface area contributed by atoms with E-state index < -0.39 is 6.10 Å². The summed E-state index contributed by atoms with van der Waals surface area (Å²) in [5.74, 6) is -0.0763. The molecule has 1 rings (SSSR count). The fourth-order valence-electron chi connectivity index (χ4n) is 1.88.